The van der Waals surface area contributed by atoms with Gasteiger partial charge < -0.3 is 14.7 Å². The summed E-state index contributed by atoms with van der Waals surface area (Å²) in [5, 5.41) is 8.96. The van der Waals surface area contributed by atoms with Gasteiger partial charge in [0.15, 0.2) is 0 Å². The zero-order valence-electron chi connectivity index (χ0n) is 13.0. The Morgan fingerprint density at radius 1 is 1.26 bits per heavy atom. The van der Waals surface area contributed by atoms with Gasteiger partial charge in [0.2, 0.25) is 0 Å². The van der Waals surface area contributed by atoms with Crippen LogP contribution in [-0.4, -0.2) is 23.2 Å². The lowest BCUT2D eigenvalue weighted by molar-refractivity contribution is 0.0697. The topological polar surface area (TPSA) is 49.8 Å². The van der Waals surface area contributed by atoms with Gasteiger partial charge in [-0.2, -0.15) is 0 Å². The van der Waals surface area contributed by atoms with Crippen LogP contribution >= 0.6 is 0 Å². The molecule has 2 aromatic rings. The van der Waals surface area contributed by atoms with Gasteiger partial charge in [0.25, 0.3) is 0 Å². The van der Waals surface area contributed by atoms with Gasteiger partial charge in [0, 0.05) is 12.6 Å². The summed E-state index contributed by atoms with van der Waals surface area (Å²) in [6.45, 7) is 5.15. The summed E-state index contributed by atoms with van der Waals surface area (Å²) >= 11 is 0. The van der Waals surface area contributed by atoms with Crippen molar-refractivity contribution in [2.24, 2.45) is 0 Å². The van der Waals surface area contributed by atoms with Crippen molar-refractivity contribution in [1.29, 1.82) is 0 Å². The number of rotatable bonds is 3. The summed E-state index contributed by atoms with van der Waals surface area (Å²) in [7, 11) is 0. The van der Waals surface area contributed by atoms with E-state index in [0.29, 0.717) is 24.5 Å². The van der Waals surface area contributed by atoms with Gasteiger partial charge in [-0.1, -0.05) is 12.1 Å². The van der Waals surface area contributed by atoms with E-state index < -0.39 is 5.97 Å². The molecule has 0 unspecified atom stereocenters. The molecule has 23 heavy (non-hydrogen) atoms. The Kier molecular flexibility index (Phi) is 3.72. The van der Waals surface area contributed by atoms with Crippen molar-refractivity contribution in [1.82, 2.24) is 0 Å². The first-order valence-electron chi connectivity index (χ1n) is 7.40. The Morgan fingerprint density at radius 2 is 1.96 bits per heavy atom. The molecule has 1 heterocycles. The van der Waals surface area contributed by atoms with Crippen molar-refractivity contribution in [3.05, 3.63) is 59.4 Å². The number of fused-ring (bicyclic) bond motifs is 1. The van der Waals surface area contributed by atoms with Crippen LogP contribution in [0.15, 0.2) is 42.5 Å². The summed E-state index contributed by atoms with van der Waals surface area (Å²) in [5.74, 6) is -0.598. The monoisotopic (exact) mass is 315 g/mol. The third kappa shape index (κ3) is 3.28. The fraction of sp³-hybridized carbons (Fsp3) is 0.278. The molecule has 5 heteroatoms. The molecule has 1 aliphatic rings. The first-order chi connectivity index (χ1) is 10.8. The smallest absolute Gasteiger partial charge is 0.335 e. The number of carbonyl (C=O) groups is 1. The second-order valence-corrected chi connectivity index (χ2v) is 6.33. The summed E-state index contributed by atoms with van der Waals surface area (Å²) in [5.41, 5.74) is 1.54. The Hall–Kier alpha value is -2.56. The van der Waals surface area contributed by atoms with Crippen LogP contribution in [0.4, 0.5) is 10.1 Å². The zero-order valence-corrected chi connectivity index (χ0v) is 13.0. The molecular weight excluding hydrogens is 297 g/mol. The number of carboxylic acids is 1. The van der Waals surface area contributed by atoms with Gasteiger partial charge in [-0.15, -0.1) is 0 Å². The number of halogens is 1. The first kappa shape index (κ1) is 15.3. The number of hydrogen-bond donors (Lipinski definition) is 1. The standard InChI is InChI=1S/C18H18FNO3/c1-18(2)11-20(15-9-14(19)7-8-16(15)23-18)10-12-3-5-13(6-4-12)17(21)22/h3-9H,10-11H2,1-2H3,(H,21,22). The lowest BCUT2D eigenvalue weighted by atomic mass is 10.0. The highest BCUT2D eigenvalue weighted by Crippen LogP contribution is 2.38. The average Bonchev–Trinajstić information content (AvgIpc) is 2.48. The summed E-state index contributed by atoms with van der Waals surface area (Å²) < 4.78 is 19.5. The molecule has 1 N–H and O–H groups in total. The molecule has 0 amide bonds. The van der Waals surface area contributed by atoms with E-state index in [1.165, 1.54) is 12.1 Å². The van der Waals surface area contributed by atoms with Crippen LogP contribution in [0.25, 0.3) is 0 Å². The van der Waals surface area contributed by atoms with Crippen LogP contribution in [-0.2, 0) is 6.54 Å². The lowest BCUT2D eigenvalue weighted by Gasteiger charge is -2.41. The largest absolute Gasteiger partial charge is 0.484 e. The van der Waals surface area contributed by atoms with Crippen LogP contribution in [0.2, 0.25) is 0 Å². The highest BCUT2D eigenvalue weighted by atomic mass is 19.1. The second kappa shape index (κ2) is 5.57. The number of carboxylic acid groups (broad SMARTS) is 1. The highest BCUT2D eigenvalue weighted by molar-refractivity contribution is 5.87. The van der Waals surface area contributed by atoms with Crippen LogP contribution < -0.4 is 9.64 Å². The predicted molar refractivity (Wildman–Crippen MR) is 85.6 cm³/mol. The normalized spacial score (nSPS) is 15.7. The zero-order chi connectivity index (χ0) is 16.6. The minimum atomic E-state index is -0.948. The van der Waals surface area contributed by atoms with E-state index in [9.17, 15) is 9.18 Å². The highest BCUT2D eigenvalue weighted by Gasteiger charge is 2.31. The predicted octanol–water partition coefficient (Wildman–Crippen LogP) is 3.70. The molecule has 3 rings (SSSR count). The molecule has 120 valence electrons. The number of anilines is 1. The molecule has 0 aromatic heterocycles. The van der Waals surface area contributed by atoms with Gasteiger partial charge in [-0.3, -0.25) is 0 Å². The maximum Gasteiger partial charge on any atom is 0.335 e. The van der Waals surface area contributed by atoms with Crippen molar-refractivity contribution in [2.75, 3.05) is 11.4 Å². The van der Waals surface area contributed by atoms with Gasteiger partial charge in [0.05, 0.1) is 17.8 Å². The SMILES string of the molecule is CC1(C)CN(Cc2ccc(C(=O)O)cc2)c2cc(F)ccc2O1. The molecule has 0 fully saturated rings. The van der Waals surface area contributed by atoms with Crippen molar-refractivity contribution >= 4 is 11.7 Å². The molecule has 0 saturated heterocycles. The summed E-state index contributed by atoms with van der Waals surface area (Å²) in [6, 6.07) is 11.2. The Balaban J connectivity index is 1.90. The molecule has 1 aliphatic heterocycles. The third-order valence-electron chi connectivity index (χ3n) is 3.79. The molecule has 4 nitrogen and oxygen atoms in total. The van der Waals surface area contributed by atoms with Crippen molar-refractivity contribution in [2.45, 2.75) is 26.0 Å². The van der Waals surface area contributed by atoms with E-state index in [4.69, 9.17) is 9.84 Å². The molecular formula is C18H18FNO3. The maximum atomic E-state index is 13.6. The molecule has 0 spiro atoms. The van der Waals surface area contributed by atoms with Crippen LogP contribution in [0.1, 0.15) is 29.8 Å². The quantitative estimate of drug-likeness (QED) is 0.938. The van der Waals surface area contributed by atoms with E-state index >= 15 is 0 Å². The Labute approximate surface area is 134 Å². The van der Waals surface area contributed by atoms with Gasteiger partial charge in [-0.05, 0) is 43.7 Å². The maximum absolute atomic E-state index is 13.6. The van der Waals surface area contributed by atoms with Gasteiger partial charge in [-0.25, -0.2) is 9.18 Å². The fourth-order valence-corrected chi connectivity index (χ4v) is 2.81. The number of ether oxygens (including phenoxy) is 1. The van der Waals surface area contributed by atoms with E-state index in [-0.39, 0.29) is 17.0 Å². The second-order valence-electron chi connectivity index (χ2n) is 6.33. The van der Waals surface area contributed by atoms with Crippen LogP contribution in [0.3, 0.4) is 0 Å². The first-order valence-corrected chi connectivity index (χ1v) is 7.40. The molecule has 0 radical (unpaired) electrons. The van der Waals surface area contributed by atoms with Gasteiger partial charge in [0.1, 0.15) is 17.2 Å². The van der Waals surface area contributed by atoms with E-state index in [1.54, 1.807) is 30.3 Å². The van der Waals surface area contributed by atoms with Crippen LogP contribution in [0.5, 0.6) is 5.75 Å². The minimum Gasteiger partial charge on any atom is -0.484 e. The van der Waals surface area contributed by atoms with Crippen LogP contribution in [0, 0.1) is 5.82 Å². The number of benzene rings is 2. The van der Waals surface area contributed by atoms with E-state index in [2.05, 4.69) is 4.90 Å². The number of hydrogen-bond acceptors (Lipinski definition) is 3. The number of nitrogens with zero attached hydrogens (tertiary/aromatic N) is 1. The van der Waals surface area contributed by atoms with Crippen molar-refractivity contribution < 1.29 is 19.0 Å². The summed E-state index contributed by atoms with van der Waals surface area (Å²) in [4.78, 5) is 13.0. The molecule has 0 atom stereocenters. The summed E-state index contributed by atoms with van der Waals surface area (Å²) in [6.07, 6.45) is 0. The van der Waals surface area contributed by atoms with E-state index in [1.807, 2.05) is 13.8 Å². The Morgan fingerprint density at radius 3 is 2.61 bits per heavy atom. The third-order valence-corrected chi connectivity index (χ3v) is 3.79. The van der Waals surface area contributed by atoms with E-state index in [0.717, 1.165) is 5.56 Å². The molecule has 0 bridgehead atoms. The molecule has 0 saturated carbocycles. The van der Waals surface area contributed by atoms with Crippen molar-refractivity contribution in [3.63, 3.8) is 0 Å². The molecule has 2 aromatic carbocycles. The van der Waals surface area contributed by atoms with Gasteiger partial charge >= 0.3 is 5.97 Å². The Bertz CT molecular complexity index is 740. The fourth-order valence-electron chi connectivity index (χ4n) is 2.81. The number of aromatic carboxylic acids is 1. The average molecular weight is 315 g/mol. The molecule has 0 aliphatic carbocycles. The lowest BCUT2D eigenvalue weighted by Crippen LogP contribution is -2.46. The van der Waals surface area contributed by atoms with Crippen molar-refractivity contribution in [3.8, 4) is 5.75 Å². The minimum absolute atomic E-state index is 0.252.